The van der Waals surface area contributed by atoms with Gasteiger partial charge in [-0.05, 0) is 30.5 Å². The van der Waals surface area contributed by atoms with Crippen LogP contribution in [0.25, 0.3) is 0 Å². The number of benzene rings is 1. The first-order valence-corrected chi connectivity index (χ1v) is 5.01. The van der Waals surface area contributed by atoms with Gasteiger partial charge in [0, 0.05) is 5.02 Å². The summed E-state index contributed by atoms with van der Waals surface area (Å²) >= 11 is 11.7. The lowest BCUT2D eigenvalue weighted by molar-refractivity contribution is -0.117. The second-order valence-electron chi connectivity index (χ2n) is 3.10. The molecule has 2 nitrogen and oxygen atoms in total. The molecule has 0 spiro atoms. The van der Waals surface area contributed by atoms with E-state index >= 15 is 0 Å². The lowest BCUT2D eigenvalue weighted by Gasteiger charge is -2.09. The van der Waals surface area contributed by atoms with Gasteiger partial charge < -0.3 is 5.73 Å². The van der Waals surface area contributed by atoms with Crippen LogP contribution in [0.5, 0.6) is 0 Å². The number of hydrogen-bond acceptors (Lipinski definition) is 1. The largest absolute Gasteiger partial charge is 0.368 e. The van der Waals surface area contributed by atoms with Gasteiger partial charge in [0.15, 0.2) is 0 Å². The molecular weight excluding hydrogens is 221 g/mol. The summed E-state index contributed by atoms with van der Waals surface area (Å²) in [6.07, 6.45) is 0.420. The van der Waals surface area contributed by atoms with Crippen LogP contribution in [0.4, 0.5) is 0 Å². The Bertz CT molecular complexity index is 352. The lowest BCUT2D eigenvalue weighted by Crippen LogP contribution is -2.25. The molecule has 0 aliphatic rings. The third kappa shape index (κ3) is 2.63. The van der Waals surface area contributed by atoms with Gasteiger partial charge in [-0.1, -0.05) is 23.7 Å². The van der Waals surface area contributed by atoms with E-state index in [1.165, 1.54) is 0 Å². The Labute approximate surface area is 93.0 Å². The van der Waals surface area contributed by atoms with Gasteiger partial charge in [-0.2, -0.15) is 0 Å². The van der Waals surface area contributed by atoms with Crippen molar-refractivity contribution in [1.82, 2.24) is 0 Å². The number of carbonyl (C=O) groups excluding carboxylic acids is 1. The van der Waals surface area contributed by atoms with E-state index in [1.807, 2.05) is 19.1 Å². The van der Waals surface area contributed by atoms with E-state index in [-0.39, 0.29) is 0 Å². The SMILES string of the molecule is Cc1c(Cl)cccc1CC(Cl)C(N)=O. The molecule has 14 heavy (non-hydrogen) atoms. The molecule has 1 rings (SSSR count). The van der Waals surface area contributed by atoms with Gasteiger partial charge in [0.25, 0.3) is 0 Å². The molecule has 0 saturated heterocycles. The number of alkyl halides is 1. The minimum absolute atomic E-state index is 0.420. The van der Waals surface area contributed by atoms with Crippen LogP contribution in [0.2, 0.25) is 5.02 Å². The number of nitrogens with two attached hydrogens (primary N) is 1. The maximum Gasteiger partial charge on any atom is 0.235 e. The fraction of sp³-hybridized carbons (Fsp3) is 0.300. The van der Waals surface area contributed by atoms with Crippen LogP contribution in [0.1, 0.15) is 11.1 Å². The van der Waals surface area contributed by atoms with Crippen molar-refractivity contribution in [2.45, 2.75) is 18.7 Å². The van der Waals surface area contributed by atoms with Crippen molar-refractivity contribution >= 4 is 29.1 Å². The van der Waals surface area contributed by atoms with Gasteiger partial charge in [0.05, 0.1) is 0 Å². The molecule has 1 atom stereocenters. The lowest BCUT2D eigenvalue weighted by atomic mass is 10.0. The van der Waals surface area contributed by atoms with Gasteiger partial charge in [-0.15, -0.1) is 11.6 Å². The summed E-state index contributed by atoms with van der Waals surface area (Å²) in [6, 6.07) is 5.52. The van der Waals surface area contributed by atoms with Gasteiger partial charge >= 0.3 is 0 Å². The molecular formula is C10H11Cl2NO. The Morgan fingerprint density at radius 3 is 2.79 bits per heavy atom. The molecule has 0 saturated carbocycles. The van der Waals surface area contributed by atoms with E-state index < -0.39 is 11.3 Å². The highest BCUT2D eigenvalue weighted by molar-refractivity contribution is 6.32. The van der Waals surface area contributed by atoms with Crippen molar-refractivity contribution in [3.63, 3.8) is 0 Å². The van der Waals surface area contributed by atoms with Gasteiger partial charge in [0.1, 0.15) is 5.38 Å². The molecule has 1 unspecified atom stereocenters. The molecule has 0 fully saturated rings. The van der Waals surface area contributed by atoms with Crippen LogP contribution >= 0.6 is 23.2 Å². The number of rotatable bonds is 3. The van der Waals surface area contributed by atoms with E-state index in [1.54, 1.807) is 6.07 Å². The molecule has 2 N–H and O–H groups in total. The number of primary amides is 1. The van der Waals surface area contributed by atoms with Crippen LogP contribution in [-0.4, -0.2) is 11.3 Å². The Hall–Kier alpha value is -0.730. The van der Waals surface area contributed by atoms with Crippen LogP contribution in [0, 0.1) is 6.92 Å². The quantitative estimate of drug-likeness (QED) is 0.798. The molecule has 1 amide bonds. The first-order chi connectivity index (χ1) is 6.52. The zero-order valence-corrected chi connectivity index (χ0v) is 9.27. The zero-order chi connectivity index (χ0) is 10.7. The predicted molar refractivity (Wildman–Crippen MR) is 58.7 cm³/mol. The minimum Gasteiger partial charge on any atom is -0.368 e. The topological polar surface area (TPSA) is 43.1 Å². The van der Waals surface area contributed by atoms with Crippen molar-refractivity contribution in [3.05, 3.63) is 34.3 Å². The summed E-state index contributed by atoms with van der Waals surface area (Å²) in [5.41, 5.74) is 6.97. The maximum absolute atomic E-state index is 10.8. The molecule has 4 heteroatoms. The van der Waals surface area contributed by atoms with Crippen molar-refractivity contribution in [1.29, 1.82) is 0 Å². The number of carbonyl (C=O) groups is 1. The van der Waals surface area contributed by atoms with Crippen molar-refractivity contribution in [3.8, 4) is 0 Å². The van der Waals surface area contributed by atoms with E-state index in [0.717, 1.165) is 11.1 Å². The first kappa shape index (κ1) is 11.3. The van der Waals surface area contributed by atoms with E-state index in [4.69, 9.17) is 28.9 Å². The Morgan fingerprint density at radius 1 is 1.57 bits per heavy atom. The Kier molecular flexibility index (Phi) is 3.78. The predicted octanol–water partition coefficient (Wildman–Crippen LogP) is 2.28. The van der Waals surface area contributed by atoms with Crippen molar-refractivity contribution in [2.75, 3.05) is 0 Å². The van der Waals surface area contributed by atoms with Gasteiger partial charge in [0.2, 0.25) is 5.91 Å². The second-order valence-corrected chi connectivity index (χ2v) is 4.03. The fourth-order valence-electron chi connectivity index (χ4n) is 1.17. The normalized spacial score (nSPS) is 12.5. The zero-order valence-electron chi connectivity index (χ0n) is 7.76. The van der Waals surface area contributed by atoms with Gasteiger partial charge in [-0.3, -0.25) is 4.79 Å². The smallest absolute Gasteiger partial charge is 0.235 e. The van der Waals surface area contributed by atoms with E-state index in [0.29, 0.717) is 11.4 Å². The van der Waals surface area contributed by atoms with Crippen LogP contribution < -0.4 is 5.73 Å². The fourth-order valence-corrected chi connectivity index (χ4v) is 1.53. The van der Waals surface area contributed by atoms with Crippen molar-refractivity contribution < 1.29 is 4.79 Å². The summed E-state index contributed by atoms with van der Waals surface area (Å²) in [5, 5.41) is 0.00278. The summed E-state index contributed by atoms with van der Waals surface area (Å²) in [5.74, 6) is -0.508. The third-order valence-electron chi connectivity index (χ3n) is 2.09. The maximum atomic E-state index is 10.8. The molecule has 0 aliphatic carbocycles. The van der Waals surface area contributed by atoms with Crippen molar-refractivity contribution in [2.24, 2.45) is 5.73 Å². The number of halogens is 2. The van der Waals surface area contributed by atoms with E-state index in [9.17, 15) is 4.79 Å². The summed E-state index contributed by atoms with van der Waals surface area (Å²) in [4.78, 5) is 10.8. The molecule has 0 aliphatic heterocycles. The molecule has 0 bridgehead atoms. The molecule has 1 aromatic carbocycles. The molecule has 1 aromatic rings. The average Bonchev–Trinajstić information content (AvgIpc) is 2.12. The van der Waals surface area contributed by atoms with Crippen LogP contribution in [-0.2, 0) is 11.2 Å². The molecule has 0 heterocycles. The Morgan fingerprint density at radius 2 is 2.21 bits per heavy atom. The molecule has 0 radical (unpaired) electrons. The van der Waals surface area contributed by atoms with E-state index in [2.05, 4.69) is 0 Å². The Balaban J connectivity index is 2.87. The van der Waals surface area contributed by atoms with Gasteiger partial charge in [-0.25, -0.2) is 0 Å². The monoisotopic (exact) mass is 231 g/mol. The molecule has 76 valence electrons. The first-order valence-electron chi connectivity index (χ1n) is 4.19. The van der Waals surface area contributed by atoms with Crippen LogP contribution in [0.3, 0.4) is 0 Å². The average molecular weight is 232 g/mol. The summed E-state index contributed by atoms with van der Waals surface area (Å²) < 4.78 is 0. The minimum atomic E-state index is -0.674. The van der Waals surface area contributed by atoms with Crippen LogP contribution in [0.15, 0.2) is 18.2 Å². The third-order valence-corrected chi connectivity index (χ3v) is 2.87. The highest BCUT2D eigenvalue weighted by atomic mass is 35.5. The highest BCUT2D eigenvalue weighted by Gasteiger charge is 2.13. The number of amides is 1. The highest BCUT2D eigenvalue weighted by Crippen LogP contribution is 2.20. The molecule has 0 aromatic heterocycles. The second kappa shape index (κ2) is 4.67. The number of hydrogen-bond donors (Lipinski definition) is 1. The summed E-state index contributed by atoms with van der Waals surface area (Å²) in [7, 11) is 0. The summed E-state index contributed by atoms with van der Waals surface area (Å²) in [6.45, 7) is 1.89. The standard InChI is InChI=1S/C10H11Cl2NO/c1-6-7(3-2-4-8(6)11)5-9(12)10(13)14/h2-4,9H,5H2,1H3,(H2,13,14).